The summed E-state index contributed by atoms with van der Waals surface area (Å²) < 4.78 is 55.6. The number of aromatic nitrogens is 8. The molecule has 0 aliphatic rings. The van der Waals surface area contributed by atoms with Crippen LogP contribution in [0.25, 0.3) is 28.6 Å². The number of carbonyl (C=O) groups is 1. The van der Waals surface area contributed by atoms with Crippen molar-refractivity contribution in [1.82, 2.24) is 44.2 Å². The molecule has 288 valence electrons. The third-order valence-electron chi connectivity index (χ3n) is 9.18. The van der Waals surface area contributed by atoms with Gasteiger partial charge in [-0.05, 0) is 49.2 Å². The normalized spacial score (nSPS) is 11.3. The number of halogens is 2. The van der Waals surface area contributed by atoms with E-state index in [9.17, 15) is 13.6 Å². The maximum Gasteiger partial charge on any atom is 0.287 e. The van der Waals surface area contributed by atoms with Gasteiger partial charge in [-0.1, -0.05) is 42.5 Å². The zero-order valence-corrected chi connectivity index (χ0v) is 31.4. The molecular weight excluding hydrogens is 724 g/mol. The van der Waals surface area contributed by atoms with E-state index >= 15 is 0 Å². The van der Waals surface area contributed by atoms with Gasteiger partial charge in [0.05, 0.1) is 39.6 Å². The van der Waals surface area contributed by atoms with Crippen LogP contribution in [0.4, 0.5) is 8.78 Å². The van der Waals surface area contributed by atoms with E-state index in [1.54, 1.807) is 37.1 Å². The van der Waals surface area contributed by atoms with Gasteiger partial charge in [-0.25, -0.2) is 13.8 Å². The maximum absolute atomic E-state index is 14.0. The lowest BCUT2D eigenvalue weighted by Crippen LogP contribution is -2.25. The lowest BCUT2D eigenvalue weighted by molar-refractivity contribution is 0.0939. The van der Waals surface area contributed by atoms with E-state index in [1.807, 2.05) is 73.0 Å². The number of benzene rings is 3. The highest BCUT2D eigenvalue weighted by Crippen LogP contribution is 2.36. The molecule has 0 saturated heterocycles. The van der Waals surface area contributed by atoms with E-state index in [0.717, 1.165) is 17.3 Å². The molecule has 1 N–H and O–H groups in total. The summed E-state index contributed by atoms with van der Waals surface area (Å²) in [6.45, 7) is 4.90. The number of aryl methyl sites for hydroxylation is 2. The standard InChI is InChI=1S/C40H39F2N9O5/c1-6-51-34(35(24(2)48-51)56-23-26-10-8-7-9-11-26)38-47-46-37(50(38)21-25-12-15-28(53-3)16-13-25)33-31-20-43-30(36(41)42)22-49(31)39(45-33)40(52)44-19-27-14-17-29(54-4)18-32(27)55-5/h7-18,20,22,36H,6,19,21,23H2,1-5H3,(H,44,52). The molecule has 4 heterocycles. The van der Waals surface area contributed by atoms with E-state index in [1.165, 1.54) is 17.7 Å². The minimum Gasteiger partial charge on any atom is -0.497 e. The van der Waals surface area contributed by atoms with Crippen molar-refractivity contribution in [3.05, 3.63) is 119 Å². The Morgan fingerprint density at radius 1 is 0.893 bits per heavy atom. The smallest absolute Gasteiger partial charge is 0.287 e. The molecule has 0 aliphatic heterocycles. The topological polar surface area (TPSA) is 145 Å². The number of alkyl halides is 2. The predicted octanol–water partition coefficient (Wildman–Crippen LogP) is 6.70. The quantitative estimate of drug-likeness (QED) is 0.120. The van der Waals surface area contributed by atoms with Gasteiger partial charge >= 0.3 is 0 Å². The van der Waals surface area contributed by atoms with Gasteiger partial charge in [0.15, 0.2) is 17.4 Å². The number of rotatable bonds is 15. The van der Waals surface area contributed by atoms with Gasteiger partial charge in [0, 0.05) is 30.9 Å². The Balaban J connectivity index is 1.36. The molecule has 7 aromatic rings. The molecular formula is C40H39F2N9O5. The van der Waals surface area contributed by atoms with E-state index in [2.05, 4.69) is 20.5 Å². The molecule has 16 heteroatoms. The SMILES string of the molecule is CCn1nc(C)c(OCc2ccccc2)c1-c1nnc(-c2nc(C(=O)NCc3ccc(OC)cc3OC)n3cc(C(F)F)ncc23)n1Cc1ccc(OC)cc1. The van der Waals surface area contributed by atoms with Gasteiger partial charge in [-0.3, -0.25) is 23.4 Å². The number of nitrogens with zero attached hydrogens (tertiary/aromatic N) is 8. The van der Waals surface area contributed by atoms with Crippen molar-refractivity contribution in [1.29, 1.82) is 0 Å². The van der Waals surface area contributed by atoms with Gasteiger partial charge in [-0.2, -0.15) is 5.10 Å². The second-order valence-corrected chi connectivity index (χ2v) is 12.6. The van der Waals surface area contributed by atoms with Crippen LogP contribution in [-0.2, 0) is 26.2 Å². The minimum absolute atomic E-state index is 0.0486. The van der Waals surface area contributed by atoms with Crippen LogP contribution in [0, 0.1) is 6.92 Å². The Bertz CT molecular complexity index is 2480. The Hall–Kier alpha value is -6.84. The average molecular weight is 764 g/mol. The molecule has 0 atom stereocenters. The summed E-state index contributed by atoms with van der Waals surface area (Å²) in [6.07, 6.45) is -0.536. The first-order valence-electron chi connectivity index (χ1n) is 17.7. The minimum atomic E-state index is -2.90. The van der Waals surface area contributed by atoms with Gasteiger partial charge in [0.2, 0.25) is 5.82 Å². The predicted molar refractivity (Wildman–Crippen MR) is 202 cm³/mol. The molecule has 0 bridgehead atoms. The molecule has 0 fully saturated rings. The van der Waals surface area contributed by atoms with Gasteiger partial charge < -0.3 is 24.3 Å². The van der Waals surface area contributed by atoms with Gasteiger partial charge in [-0.15, -0.1) is 10.2 Å². The first kappa shape index (κ1) is 37.5. The van der Waals surface area contributed by atoms with Crippen molar-refractivity contribution >= 4 is 11.4 Å². The highest BCUT2D eigenvalue weighted by molar-refractivity contribution is 5.94. The lowest BCUT2D eigenvalue weighted by atomic mass is 10.2. The number of amides is 1. The number of hydrogen-bond donors (Lipinski definition) is 1. The van der Waals surface area contributed by atoms with E-state index in [0.29, 0.717) is 52.3 Å². The second kappa shape index (κ2) is 16.3. The third kappa shape index (κ3) is 7.45. The summed E-state index contributed by atoms with van der Waals surface area (Å²) >= 11 is 0. The largest absolute Gasteiger partial charge is 0.497 e. The first-order chi connectivity index (χ1) is 27.2. The van der Waals surface area contributed by atoms with Gasteiger partial charge in [0.25, 0.3) is 12.3 Å². The molecule has 0 radical (unpaired) electrons. The molecule has 7 rings (SSSR count). The van der Waals surface area contributed by atoms with Crippen LogP contribution in [0.15, 0.2) is 85.2 Å². The van der Waals surface area contributed by atoms with Crippen LogP contribution >= 0.6 is 0 Å². The summed E-state index contributed by atoms with van der Waals surface area (Å²) in [7, 11) is 4.64. The van der Waals surface area contributed by atoms with Crippen molar-refractivity contribution in [3.63, 3.8) is 0 Å². The molecule has 56 heavy (non-hydrogen) atoms. The fourth-order valence-electron chi connectivity index (χ4n) is 6.32. The third-order valence-corrected chi connectivity index (χ3v) is 9.18. The van der Waals surface area contributed by atoms with Crippen molar-refractivity contribution in [3.8, 4) is 46.0 Å². The van der Waals surface area contributed by atoms with Crippen molar-refractivity contribution < 1.29 is 32.5 Å². The first-order valence-corrected chi connectivity index (χ1v) is 17.7. The number of methoxy groups -OCH3 is 3. The molecule has 14 nitrogen and oxygen atoms in total. The molecule has 0 aliphatic carbocycles. The van der Waals surface area contributed by atoms with Crippen LogP contribution in [0.2, 0.25) is 0 Å². The van der Waals surface area contributed by atoms with Crippen LogP contribution in [0.5, 0.6) is 23.0 Å². The Kier molecular flexibility index (Phi) is 10.9. The summed E-state index contributed by atoms with van der Waals surface area (Å²) in [5.41, 5.74) is 3.67. The Labute approximate surface area is 320 Å². The number of fused-ring (bicyclic) bond motifs is 1. The fourth-order valence-corrected chi connectivity index (χ4v) is 6.32. The number of imidazole rings is 1. The number of hydrogen-bond acceptors (Lipinski definition) is 10. The number of nitrogens with one attached hydrogen (secondary N) is 1. The monoisotopic (exact) mass is 763 g/mol. The van der Waals surface area contributed by atoms with Crippen molar-refractivity contribution in [2.24, 2.45) is 0 Å². The number of ether oxygens (including phenoxy) is 4. The molecule has 0 saturated carbocycles. The summed E-state index contributed by atoms with van der Waals surface area (Å²) in [6, 6.07) is 22.5. The molecule has 0 unspecified atom stereocenters. The Morgan fingerprint density at radius 2 is 1.62 bits per heavy atom. The van der Waals surface area contributed by atoms with Gasteiger partial charge in [0.1, 0.15) is 46.6 Å². The highest BCUT2D eigenvalue weighted by atomic mass is 19.3. The van der Waals surface area contributed by atoms with Crippen molar-refractivity contribution in [2.45, 2.75) is 46.5 Å². The fraction of sp³-hybridized carbons (Fsp3) is 0.250. The van der Waals surface area contributed by atoms with Crippen LogP contribution in [0.3, 0.4) is 0 Å². The summed E-state index contributed by atoms with van der Waals surface area (Å²) in [5.74, 6) is 2.16. The Morgan fingerprint density at radius 3 is 2.32 bits per heavy atom. The van der Waals surface area contributed by atoms with E-state index in [-0.39, 0.29) is 42.6 Å². The van der Waals surface area contributed by atoms with E-state index in [4.69, 9.17) is 29.0 Å². The molecule has 0 spiro atoms. The second-order valence-electron chi connectivity index (χ2n) is 12.6. The average Bonchev–Trinajstić information content (AvgIpc) is 3.91. The summed E-state index contributed by atoms with van der Waals surface area (Å²) in [5, 5.41) is 16.9. The zero-order valence-electron chi connectivity index (χ0n) is 31.4. The number of carbonyl (C=O) groups excluding carboxylic acids is 1. The zero-order chi connectivity index (χ0) is 39.3. The lowest BCUT2D eigenvalue weighted by Gasteiger charge is -2.13. The molecule has 3 aromatic carbocycles. The maximum atomic E-state index is 14.0. The summed E-state index contributed by atoms with van der Waals surface area (Å²) in [4.78, 5) is 22.7. The van der Waals surface area contributed by atoms with Crippen LogP contribution in [0.1, 0.15) is 52.0 Å². The van der Waals surface area contributed by atoms with Crippen LogP contribution < -0.4 is 24.3 Å². The van der Waals surface area contributed by atoms with Crippen molar-refractivity contribution in [2.75, 3.05) is 21.3 Å². The molecule has 1 amide bonds. The van der Waals surface area contributed by atoms with Crippen LogP contribution in [-0.4, -0.2) is 66.2 Å². The molecule has 4 aromatic heterocycles. The highest BCUT2D eigenvalue weighted by Gasteiger charge is 2.29. The van der Waals surface area contributed by atoms with E-state index < -0.39 is 18.0 Å².